The Morgan fingerprint density at radius 2 is 2.19 bits per heavy atom. The van der Waals surface area contributed by atoms with Gasteiger partial charge in [0.05, 0.1) is 16.9 Å². The number of aryl methyl sites for hydroxylation is 1. The lowest BCUT2D eigenvalue weighted by Gasteiger charge is -2.23. The highest BCUT2D eigenvalue weighted by Gasteiger charge is 2.19. The molecular weight excluding hydrogens is 264 g/mol. The maximum atomic E-state index is 12.4. The minimum Gasteiger partial charge on any atom is -0.348 e. The van der Waals surface area contributed by atoms with Crippen LogP contribution in [0.5, 0.6) is 0 Å². The van der Waals surface area contributed by atoms with Gasteiger partial charge in [-0.25, -0.2) is 4.68 Å². The summed E-state index contributed by atoms with van der Waals surface area (Å²) in [6.45, 7) is 3.75. The van der Waals surface area contributed by atoms with E-state index in [2.05, 4.69) is 15.7 Å². The third-order valence-electron chi connectivity index (χ3n) is 3.80. The average Bonchev–Trinajstić information content (AvgIpc) is 2.91. The first-order chi connectivity index (χ1) is 10.2. The third kappa shape index (κ3) is 3.13. The summed E-state index contributed by atoms with van der Waals surface area (Å²) in [6, 6.07) is 10.0. The van der Waals surface area contributed by atoms with Crippen molar-refractivity contribution in [1.29, 1.82) is 0 Å². The van der Waals surface area contributed by atoms with Crippen LogP contribution in [0, 0.1) is 6.92 Å². The Hall–Kier alpha value is -2.14. The van der Waals surface area contributed by atoms with E-state index in [-0.39, 0.29) is 11.9 Å². The molecule has 1 aliphatic rings. The zero-order valence-corrected chi connectivity index (χ0v) is 12.2. The molecule has 1 aromatic heterocycles. The predicted octanol–water partition coefficient (Wildman–Crippen LogP) is 1.66. The molecule has 1 amide bonds. The van der Waals surface area contributed by atoms with Crippen LogP contribution < -0.4 is 10.6 Å². The van der Waals surface area contributed by atoms with Crippen molar-refractivity contribution in [2.24, 2.45) is 0 Å². The summed E-state index contributed by atoms with van der Waals surface area (Å²) in [6.07, 6.45) is 3.94. The van der Waals surface area contributed by atoms with Gasteiger partial charge in [0.1, 0.15) is 0 Å². The van der Waals surface area contributed by atoms with Gasteiger partial charge in [-0.15, -0.1) is 0 Å². The van der Waals surface area contributed by atoms with Crippen LogP contribution in [0.1, 0.15) is 28.9 Å². The lowest BCUT2D eigenvalue weighted by Crippen LogP contribution is -2.45. The van der Waals surface area contributed by atoms with E-state index < -0.39 is 0 Å². The van der Waals surface area contributed by atoms with E-state index >= 15 is 0 Å². The van der Waals surface area contributed by atoms with E-state index in [1.807, 2.05) is 37.3 Å². The highest BCUT2D eigenvalue weighted by molar-refractivity contribution is 5.95. The molecule has 3 rings (SSSR count). The molecule has 0 bridgehead atoms. The van der Waals surface area contributed by atoms with Crippen molar-refractivity contribution in [3.8, 4) is 5.69 Å². The van der Waals surface area contributed by atoms with Gasteiger partial charge < -0.3 is 10.6 Å². The maximum absolute atomic E-state index is 12.4. The number of carbonyl (C=O) groups is 1. The Labute approximate surface area is 124 Å². The topological polar surface area (TPSA) is 59.0 Å². The first-order valence-corrected chi connectivity index (χ1v) is 7.37. The van der Waals surface area contributed by atoms with Gasteiger partial charge in [0.25, 0.3) is 5.91 Å². The van der Waals surface area contributed by atoms with Crippen molar-refractivity contribution in [2.45, 2.75) is 25.8 Å². The fourth-order valence-electron chi connectivity index (χ4n) is 2.63. The van der Waals surface area contributed by atoms with Crippen molar-refractivity contribution < 1.29 is 4.79 Å². The third-order valence-corrected chi connectivity index (χ3v) is 3.80. The summed E-state index contributed by atoms with van der Waals surface area (Å²) in [5.74, 6) is -0.0385. The SMILES string of the molecule is Cc1nn(-c2ccccc2)cc1C(=O)NC1CCCNC1. The van der Waals surface area contributed by atoms with Crippen molar-refractivity contribution in [2.75, 3.05) is 13.1 Å². The van der Waals surface area contributed by atoms with E-state index in [1.165, 1.54) is 0 Å². The number of piperidine rings is 1. The molecule has 5 nitrogen and oxygen atoms in total. The largest absolute Gasteiger partial charge is 0.348 e. The van der Waals surface area contributed by atoms with Crippen LogP contribution in [-0.4, -0.2) is 34.8 Å². The number of benzene rings is 1. The zero-order chi connectivity index (χ0) is 14.7. The maximum Gasteiger partial charge on any atom is 0.255 e. The highest BCUT2D eigenvalue weighted by atomic mass is 16.1. The molecular formula is C16H20N4O. The molecule has 1 fully saturated rings. The number of rotatable bonds is 3. The quantitative estimate of drug-likeness (QED) is 0.901. The summed E-state index contributed by atoms with van der Waals surface area (Å²) in [4.78, 5) is 12.4. The Morgan fingerprint density at radius 1 is 1.38 bits per heavy atom. The molecule has 1 unspecified atom stereocenters. The monoisotopic (exact) mass is 284 g/mol. The second kappa shape index (κ2) is 6.10. The summed E-state index contributed by atoms with van der Waals surface area (Å²) in [7, 11) is 0. The zero-order valence-electron chi connectivity index (χ0n) is 12.2. The van der Waals surface area contributed by atoms with E-state index in [9.17, 15) is 4.79 Å². The number of nitrogens with one attached hydrogen (secondary N) is 2. The Kier molecular flexibility index (Phi) is 4.01. The molecule has 1 atom stereocenters. The van der Waals surface area contributed by atoms with Crippen molar-refractivity contribution in [3.05, 3.63) is 47.8 Å². The first-order valence-electron chi connectivity index (χ1n) is 7.37. The predicted molar refractivity (Wildman–Crippen MR) is 81.7 cm³/mol. The molecule has 110 valence electrons. The number of nitrogens with zero attached hydrogens (tertiary/aromatic N) is 2. The summed E-state index contributed by atoms with van der Waals surface area (Å²) >= 11 is 0. The normalized spacial score (nSPS) is 18.4. The van der Waals surface area contributed by atoms with Crippen molar-refractivity contribution in [1.82, 2.24) is 20.4 Å². The Balaban J connectivity index is 1.76. The first kappa shape index (κ1) is 13.8. The van der Waals surface area contributed by atoms with Gasteiger partial charge in [0.2, 0.25) is 0 Å². The summed E-state index contributed by atoms with van der Waals surface area (Å²) < 4.78 is 1.75. The van der Waals surface area contributed by atoms with Gasteiger partial charge in [-0.2, -0.15) is 5.10 Å². The molecule has 1 saturated heterocycles. The number of carbonyl (C=O) groups excluding carboxylic acids is 1. The fraction of sp³-hybridized carbons (Fsp3) is 0.375. The second-order valence-electron chi connectivity index (χ2n) is 5.43. The van der Waals surface area contributed by atoms with Gasteiger partial charge in [0, 0.05) is 18.8 Å². The Morgan fingerprint density at radius 3 is 2.90 bits per heavy atom. The molecule has 2 aromatic rings. The minimum absolute atomic E-state index is 0.0385. The standard InChI is InChI=1S/C16H20N4O/c1-12-15(16(21)18-13-6-5-9-17-10-13)11-20(19-12)14-7-3-2-4-8-14/h2-4,7-8,11,13,17H,5-6,9-10H2,1H3,(H,18,21). The van der Waals surface area contributed by atoms with E-state index in [0.29, 0.717) is 5.56 Å². The number of para-hydroxylation sites is 1. The van der Waals surface area contributed by atoms with Gasteiger partial charge in [-0.1, -0.05) is 18.2 Å². The van der Waals surface area contributed by atoms with Crippen LogP contribution in [-0.2, 0) is 0 Å². The second-order valence-corrected chi connectivity index (χ2v) is 5.43. The van der Waals surface area contributed by atoms with Gasteiger partial charge >= 0.3 is 0 Å². The minimum atomic E-state index is -0.0385. The molecule has 2 N–H and O–H groups in total. The molecule has 1 aliphatic heterocycles. The van der Waals surface area contributed by atoms with Crippen LogP contribution in [0.2, 0.25) is 0 Å². The van der Waals surface area contributed by atoms with Crippen molar-refractivity contribution in [3.63, 3.8) is 0 Å². The van der Waals surface area contributed by atoms with Gasteiger partial charge in [-0.05, 0) is 38.4 Å². The molecule has 0 radical (unpaired) electrons. The van der Waals surface area contributed by atoms with Crippen LogP contribution in [0.15, 0.2) is 36.5 Å². The van der Waals surface area contributed by atoms with Crippen LogP contribution >= 0.6 is 0 Å². The number of hydrogen-bond donors (Lipinski definition) is 2. The summed E-state index contributed by atoms with van der Waals surface area (Å²) in [5, 5.41) is 10.8. The Bertz CT molecular complexity index is 614. The van der Waals surface area contributed by atoms with Gasteiger partial charge in [0.15, 0.2) is 0 Å². The molecule has 21 heavy (non-hydrogen) atoms. The fourth-order valence-corrected chi connectivity index (χ4v) is 2.63. The lowest BCUT2D eigenvalue weighted by molar-refractivity contribution is 0.0930. The summed E-state index contributed by atoms with van der Waals surface area (Å²) in [5.41, 5.74) is 2.35. The van der Waals surface area contributed by atoms with Crippen LogP contribution in [0.3, 0.4) is 0 Å². The molecule has 5 heteroatoms. The molecule has 1 aromatic carbocycles. The number of hydrogen-bond acceptors (Lipinski definition) is 3. The average molecular weight is 284 g/mol. The molecule has 2 heterocycles. The number of aromatic nitrogens is 2. The smallest absolute Gasteiger partial charge is 0.255 e. The highest BCUT2D eigenvalue weighted by Crippen LogP contribution is 2.12. The van der Waals surface area contributed by atoms with E-state index in [0.717, 1.165) is 37.3 Å². The van der Waals surface area contributed by atoms with Crippen LogP contribution in [0.25, 0.3) is 5.69 Å². The van der Waals surface area contributed by atoms with Gasteiger partial charge in [-0.3, -0.25) is 4.79 Å². The molecule has 0 aliphatic carbocycles. The van der Waals surface area contributed by atoms with E-state index in [1.54, 1.807) is 10.9 Å². The molecule has 0 spiro atoms. The van der Waals surface area contributed by atoms with Crippen LogP contribution in [0.4, 0.5) is 0 Å². The number of amides is 1. The van der Waals surface area contributed by atoms with E-state index in [4.69, 9.17) is 0 Å². The lowest BCUT2D eigenvalue weighted by atomic mass is 10.1. The van der Waals surface area contributed by atoms with Crippen molar-refractivity contribution >= 4 is 5.91 Å². The molecule has 0 saturated carbocycles.